The van der Waals surface area contributed by atoms with E-state index in [1.807, 2.05) is 71.6 Å². The van der Waals surface area contributed by atoms with Crippen LogP contribution < -0.4 is 10.2 Å². The topological polar surface area (TPSA) is 77.1 Å². The molecule has 1 amide bonds. The number of hydrogen-bond donors (Lipinski definition) is 1. The number of thiazole rings is 1. The zero-order valence-electron chi connectivity index (χ0n) is 15.9. The first kappa shape index (κ1) is 20.6. The molecule has 0 radical (unpaired) electrons. The fourth-order valence-corrected chi connectivity index (χ4v) is 4.52. The van der Waals surface area contributed by atoms with Crippen LogP contribution in [-0.2, 0) is 11.8 Å². The van der Waals surface area contributed by atoms with Crippen LogP contribution in [-0.4, -0.2) is 31.0 Å². The highest BCUT2D eigenvalue weighted by atomic mass is 79.9. The van der Waals surface area contributed by atoms with Crippen molar-refractivity contribution in [3.63, 3.8) is 0 Å². The lowest BCUT2D eigenvalue weighted by molar-refractivity contribution is -0.118. The van der Waals surface area contributed by atoms with E-state index in [-0.39, 0.29) is 11.7 Å². The third-order valence-corrected chi connectivity index (χ3v) is 6.53. The molecule has 0 aliphatic rings. The number of nitrogens with zero attached hydrogens (tertiary/aromatic N) is 5. The van der Waals surface area contributed by atoms with Crippen molar-refractivity contribution in [3.05, 3.63) is 75.6 Å². The van der Waals surface area contributed by atoms with Gasteiger partial charge in [0.1, 0.15) is 6.33 Å². The van der Waals surface area contributed by atoms with Crippen molar-refractivity contribution in [1.29, 1.82) is 0 Å². The SMILES string of the molecule is Cn1cnnc1SCC(=O)N/N=c1/scc(-c2ccc(Br)cc2)n1-c1ccccc1. The van der Waals surface area contributed by atoms with Gasteiger partial charge in [-0.25, -0.2) is 5.43 Å². The maximum absolute atomic E-state index is 12.3. The number of halogens is 1. The number of aromatic nitrogens is 4. The Labute approximate surface area is 189 Å². The minimum atomic E-state index is -0.207. The molecule has 10 heteroatoms. The number of nitrogens with one attached hydrogen (secondary N) is 1. The van der Waals surface area contributed by atoms with Gasteiger partial charge in [0.25, 0.3) is 5.91 Å². The summed E-state index contributed by atoms with van der Waals surface area (Å²) in [4.78, 5) is 13.0. The third kappa shape index (κ3) is 4.72. The Morgan fingerprint density at radius 2 is 1.97 bits per heavy atom. The number of rotatable bonds is 6. The second-order valence-electron chi connectivity index (χ2n) is 6.24. The summed E-state index contributed by atoms with van der Waals surface area (Å²) in [5, 5.41) is 14.9. The van der Waals surface area contributed by atoms with E-state index in [9.17, 15) is 4.79 Å². The Bertz CT molecular complexity index is 1210. The van der Waals surface area contributed by atoms with Gasteiger partial charge in [-0.1, -0.05) is 58.0 Å². The highest BCUT2D eigenvalue weighted by Gasteiger charge is 2.11. The summed E-state index contributed by atoms with van der Waals surface area (Å²) < 4.78 is 4.82. The highest BCUT2D eigenvalue weighted by molar-refractivity contribution is 9.10. The lowest BCUT2D eigenvalue weighted by Crippen LogP contribution is -2.25. The maximum Gasteiger partial charge on any atom is 0.250 e. The van der Waals surface area contributed by atoms with Crippen molar-refractivity contribution >= 4 is 44.9 Å². The van der Waals surface area contributed by atoms with Crippen molar-refractivity contribution in [2.75, 3.05) is 5.75 Å². The molecule has 30 heavy (non-hydrogen) atoms. The molecule has 1 N–H and O–H groups in total. The molecule has 0 spiro atoms. The van der Waals surface area contributed by atoms with E-state index < -0.39 is 0 Å². The molecule has 0 aliphatic heterocycles. The van der Waals surface area contributed by atoms with Crippen LogP contribution in [0.3, 0.4) is 0 Å². The summed E-state index contributed by atoms with van der Waals surface area (Å²) in [6.45, 7) is 0. The van der Waals surface area contributed by atoms with Gasteiger partial charge >= 0.3 is 0 Å². The molecule has 0 aliphatic carbocycles. The van der Waals surface area contributed by atoms with E-state index >= 15 is 0 Å². The number of para-hydroxylation sites is 1. The van der Waals surface area contributed by atoms with E-state index in [1.165, 1.54) is 23.1 Å². The van der Waals surface area contributed by atoms with E-state index in [4.69, 9.17) is 0 Å². The van der Waals surface area contributed by atoms with Crippen LogP contribution in [0.5, 0.6) is 0 Å². The van der Waals surface area contributed by atoms with E-state index in [0.29, 0.717) is 9.96 Å². The van der Waals surface area contributed by atoms with Gasteiger partial charge in [-0.3, -0.25) is 9.36 Å². The molecule has 2 aromatic heterocycles. The molecule has 0 saturated carbocycles. The van der Waals surface area contributed by atoms with E-state index in [1.54, 1.807) is 10.9 Å². The molecule has 4 aromatic rings. The van der Waals surface area contributed by atoms with Crippen LogP contribution >= 0.6 is 39.0 Å². The number of amides is 1. The normalized spacial score (nSPS) is 11.6. The van der Waals surface area contributed by atoms with Crippen LogP contribution in [0.25, 0.3) is 16.9 Å². The number of carbonyl (C=O) groups excluding carboxylic acids is 1. The molecule has 152 valence electrons. The molecule has 2 heterocycles. The Kier molecular flexibility index (Phi) is 6.46. The number of aryl methyl sites for hydroxylation is 1. The van der Waals surface area contributed by atoms with Gasteiger partial charge in [-0.2, -0.15) is 0 Å². The van der Waals surface area contributed by atoms with Crippen LogP contribution in [0.2, 0.25) is 0 Å². The van der Waals surface area contributed by atoms with Crippen molar-refractivity contribution in [1.82, 2.24) is 24.8 Å². The Morgan fingerprint density at radius 1 is 1.20 bits per heavy atom. The van der Waals surface area contributed by atoms with Crippen molar-refractivity contribution in [2.45, 2.75) is 5.16 Å². The van der Waals surface area contributed by atoms with Gasteiger partial charge in [0.15, 0.2) is 5.16 Å². The second-order valence-corrected chi connectivity index (χ2v) is 8.94. The molecular weight excluding hydrogens is 484 g/mol. The van der Waals surface area contributed by atoms with Gasteiger partial charge in [0.2, 0.25) is 4.80 Å². The minimum absolute atomic E-state index is 0.201. The van der Waals surface area contributed by atoms with Crippen molar-refractivity contribution in [3.8, 4) is 16.9 Å². The van der Waals surface area contributed by atoms with E-state index in [0.717, 1.165) is 21.4 Å². The number of benzene rings is 2. The molecule has 0 bridgehead atoms. The molecule has 0 atom stereocenters. The lowest BCUT2D eigenvalue weighted by atomic mass is 10.1. The predicted octanol–water partition coefficient (Wildman–Crippen LogP) is 3.82. The fourth-order valence-electron chi connectivity index (χ4n) is 2.71. The van der Waals surface area contributed by atoms with Gasteiger partial charge in [-0.15, -0.1) is 26.6 Å². The Hall–Kier alpha value is -2.69. The lowest BCUT2D eigenvalue weighted by Gasteiger charge is -2.09. The molecule has 0 fully saturated rings. The quantitative estimate of drug-likeness (QED) is 0.322. The summed E-state index contributed by atoms with van der Waals surface area (Å²) in [6, 6.07) is 18.1. The Balaban J connectivity index is 1.61. The largest absolute Gasteiger partial charge is 0.312 e. The zero-order valence-corrected chi connectivity index (χ0v) is 19.1. The standard InChI is InChI=1S/C20H17BrN6OS2/c1-26-13-22-24-19(26)30-12-18(28)23-25-20-27(16-5-3-2-4-6-16)17(11-29-20)14-7-9-15(21)10-8-14/h2-11,13H,12H2,1H3,(H,23,28)/b25-20+. The summed E-state index contributed by atoms with van der Waals surface area (Å²) in [7, 11) is 1.84. The molecule has 4 rings (SSSR count). The van der Waals surface area contributed by atoms with Gasteiger partial charge in [-0.05, 0) is 29.8 Å². The van der Waals surface area contributed by atoms with Gasteiger partial charge in [0.05, 0.1) is 11.4 Å². The Morgan fingerprint density at radius 3 is 2.67 bits per heavy atom. The first-order valence-electron chi connectivity index (χ1n) is 8.93. The highest BCUT2D eigenvalue weighted by Crippen LogP contribution is 2.25. The fraction of sp³-hybridized carbons (Fsp3) is 0.100. The molecular formula is C20H17BrN6OS2. The minimum Gasteiger partial charge on any atom is -0.312 e. The molecule has 0 unspecified atom stereocenters. The summed E-state index contributed by atoms with van der Waals surface area (Å²) in [6.07, 6.45) is 1.60. The average molecular weight is 501 g/mol. The second kappa shape index (κ2) is 9.41. The summed E-state index contributed by atoms with van der Waals surface area (Å²) in [5.41, 5.74) is 5.68. The van der Waals surface area contributed by atoms with Crippen molar-refractivity contribution in [2.24, 2.45) is 12.1 Å². The van der Waals surface area contributed by atoms with Gasteiger partial charge in [0, 0.05) is 22.6 Å². The first-order valence-corrected chi connectivity index (χ1v) is 11.6. The first-order chi connectivity index (χ1) is 14.6. The van der Waals surface area contributed by atoms with Crippen LogP contribution in [0.15, 0.2) is 81.0 Å². The third-order valence-electron chi connectivity index (χ3n) is 4.14. The monoisotopic (exact) mass is 500 g/mol. The molecule has 0 saturated heterocycles. The van der Waals surface area contributed by atoms with Crippen LogP contribution in [0, 0.1) is 0 Å². The number of carbonyl (C=O) groups is 1. The van der Waals surface area contributed by atoms with Crippen LogP contribution in [0.4, 0.5) is 0 Å². The smallest absolute Gasteiger partial charge is 0.250 e. The predicted molar refractivity (Wildman–Crippen MR) is 122 cm³/mol. The average Bonchev–Trinajstić information content (AvgIpc) is 3.38. The number of thioether (sulfide) groups is 1. The molecule has 2 aromatic carbocycles. The van der Waals surface area contributed by atoms with Gasteiger partial charge < -0.3 is 4.57 Å². The maximum atomic E-state index is 12.3. The van der Waals surface area contributed by atoms with Crippen molar-refractivity contribution < 1.29 is 4.79 Å². The van der Waals surface area contributed by atoms with E-state index in [2.05, 4.69) is 36.7 Å². The summed E-state index contributed by atoms with van der Waals surface area (Å²) in [5.74, 6) is -0.00651. The zero-order chi connectivity index (χ0) is 20.9. The molecule has 7 nitrogen and oxygen atoms in total. The van der Waals surface area contributed by atoms with Crippen LogP contribution in [0.1, 0.15) is 0 Å². The number of hydrogen-bond acceptors (Lipinski definition) is 6. The summed E-state index contributed by atoms with van der Waals surface area (Å²) >= 11 is 6.26.